The molecule has 1 aromatic heterocycles. The third-order valence-electron chi connectivity index (χ3n) is 3.09. The third kappa shape index (κ3) is 5.20. The first-order valence-electron chi connectivity index (χ1n) is 6.87. The molecule has 0 aromatic carbocycles. The van der Waals surface area contributed by atoms with E-state index < -0.39 is 10.0 Å². The minimum atomic E-state index is -3.27. The van der Waals surface area contributed by atoms with Crippen molar-refractivity contribution in [1.82, 2.24) is 19.5 Å². The number of rotatable bonds is 6. The number of sulfonamides is 1. The summed E-state index contributed by atoms with van der Waals surface area (Å²) in [4.78, 5) is 0. The second-order valence-electron chi connectivity index (χ2n) is 6.64. The first kappa shape index (κ1) is 17.1. The van der Waals surface area contributed by atoms with Gasteiger partial charge < -0.3 is 4.57 Å². The van der Waals surface area contributed by atoms with E-state index in [0.717, 1.165) is 5.82 Å². The molecule has 0 unspecified atom stereocenters. The average Bonchev–Trinajstić information content (AvgIpc) is 2.65. The van der Waals surface area contributed by atoms with Crippen molar-refractivity contribution in [2.75, 3.05) is 5.75 Å². The average molecular weight is 302 g/mol. The standard InChI is InChI=1S/C13H26N4O2S/c1-10(2)12-16-15-11(17(12)6)9-14-20(18,19)8-7-13(3,4)5/h10,14H,7-9H2,1-6H3. The topological polar surface area (TPSA) is 76.9 Å². The van der Waals surface area contributed by atoms with E-state index in [1.165, 1.54) is 0 Å². The van der Waals surface area contributed by atoms with Gasteiger partial charge in [0.25, 0.3) is 0 Å². The van der Waals surface area contributed by atoms with Crippen LogP contribution in [0.15, 0.2) is 0 Å². The van der Waals surface area contributed by atoms with Crippen LogP contribution in [0.5, 0.6) is 0 Å². The summed E-state index contributed by atoms with van der Waals surface area (Å²) in [7, 11) is -1.42. The molecule has 0 aliphatic rings. The van der Waals surface area contributed by atoms with Crippen LogP contribution in [0.25, 0.3) is 0 Å². The van der Waals surface area contributed by atoms with Crippen LogP contribution < -0.4 is 4.72 Å². The van der Waals surface area contributed by atoms with Gasteiger partial charge in [-0.3, -0.25) is 0 Å². The van der Waals surface area contributed by atoms with E-state index in [0.29, 0.717) is 12.2 Å². The van der Waals surface area contributed by atoms with E-state index in [2.05, 4.69) is 14.9 Å². The summed E-state index contributed by atoms with van der Waals surface area (Å²) in [6, 6.07) is 0. The van der Waals surface area contributed by atoms with Gasteiger partial charge in [0.2, 0.25) is 10.0 Å². The number of nitrogens with one attached hydrogen (secondary N) is 1. The van der Waals surface area contributed by atoms with E-state index in [1.807, 2.05) is 46.2 Å². The Labute approximate surface area is 122 Å². The Bertz CT molecular complexity index is 541. The minimum Gasteiger partial charge on any atom is -0.317 e. The molecule has 1 aromatic rings. The van der Waals surface area contributed by atoms with Crippen molar-refractivity contribution < 1.29 is 8.42 Å². The van der Waals surface area contributed by atoms with Crippen LogP contribution in [0.4, 0.5) is 0 Å². The molecule has 7 heteroatoms. The summed E-state index contributed by atoms with van der Waals surface area (Å²) in [5.41, 5.74) is 0.00431. The highest BCUT2D eigenvalue weighted by Gasteiger charge is 2.18. The van der Waals surface area contributed by atoms with Gasteiger partial charge in [0, 0.05) is 13.0 Å². The smallest absolute Gasteiger partial charge is 0.212 e. The quantitative estimate of drug-likeness (QED) is 0.869. The Kier molecular flexibility index (Phi) is 5.32. The van der Waals surface area contributed by atoms with E-state index >= 15 is 0 Å². The molecular weight excluding hydrogens is 276 g/mol. The van der Waals surface area contributed by atoms with Gasteiger partial charge in [-0.25, -0.2) is 13.1 Å². The van der Waals surface area contributed by atoms with Crippen LogP contribution in [0.1, 0.15) is 58.6 Å². The molecular formula is C13H26N4O2S. The Morgan fingerprint density at radius 1 is 1.25 bits per heavy atom. The molecule has 0 saturated heterocycles. The molecule has 1 N–H and O–H groups in total. The van der Waals surface area contributed by atoms with E-state index in [9.17, 15) is 8.42 Å². The van der Waals surface area contributed by atoms with Crippen molar-refractivity contribution in [3.63, 3.8) is 0 Å². The monoisotopic (exact) mass is 302 g/mol. The van der Waals surface area contributed by atoms with Gasteiger partial charge in [-0.2, -0.15) is 0 Å². The molecule has 6 nitrogen and oxygen atoms in total. The summed E-state index contributed by atoms with van der Waals surface area (Å²) in [5, 5.41) is 8.11. The van der Waals surface area contributed by atoms with Gasteiger partial charge in [0.1, 0.15) is 11.6 Å². The number of nitrogens with zero attached hydrogens (tertiary/aromatic N) is 3. The van der Waals surface area contributed by atoms with Crippen molar-refractivity contribution in [2.24, 2.45) is 12.5 Å². The molecule has 20 heavy (non-hydrogen) atoms. The van der Waals surface area contributed by atoms with Gasteiger partial charge >= 0.3 is 0 Å². The lowest BCUT2D eigenvalue weighted by Gasteiger charge is -2.17. The zero-order valence-corrected chi connectivity index (χ0v) is 14.1. The Balaban J connectivity index is 2.63. The SMILES string of the molecule is CC(C)c1nnc(CNS(=O)(=O)CCC(C)(C)C)n1C. The summed E-state index contributed by atoms with van der Waals surface area (Å²) < 4.78 is 28.3. The van der Waals surface area contributed by atoms with Crippen molar-refractivity contribution in [3.05, 3.63) is 11.6 Å². The fourth-order valence-corrected chi connectivity index (χ4v) is 3.09. The fraction of sp³-hybridized carbons (Fsp3) is 0.846. The first-order valence-corrected chi connectivity index (χ1v) is 8.52. The van der Waals surface area contributed by atoms with Gasteiger partial charge in [-0.15, -0.1) is 10.2 Å². The summed E-state index contributed by atoms with van der Waals surface area (Å²) in [5.74, 6) is 1.88. The van der Waals surface area contributed by atoms with Crippen molar-refractivity contribution >= 4 is 10.0 Å². The van der Waals surface area contributed by atoms with Gasteiger partial charge in [-0.05, 0) is 11.8 Å². The Morgan fingerprint density at radius 2 is 1.85 bits per heavy atom. The minimum absolute atomic E-state index is 0.00431. The zero-order valence-electron chi connectivity index (χ0n) is 13.3. The second-order valence-corrected chi connectivity index (χ2v) is 8.57. The highest BCUT2D eigenvalue weighted by Crippen LogP contribution is 2.19. The predicted molar refractivity (Wildman–Crippen MR) is 79.8 cm³/mol. The number of aromatic nitrogens is 3. The molecule has 0 radical (unpaired) electrons. The highest BCUT2D eigenvalue weighted by atomic mass is 32.2. The lowest BCUT2D eigenvalue weighted by Crippen LogP contribution is -2.29. The van der Waals surface area contributed by atoms with Crippen molar-refractivity contribution in [3.8, 4) is 0 Å². The summed E-state index contributed by atoms with van der Waals surface area (Å²) in [6.45, 7) is 10.3. The molecule has 116 valence electrons. The second kappa shape index (κ2) is 6.22. The third-order valence-corrected chi connectivity index (χ3v) is 4.41. The Hall–Kier alpha value is -0.950. The molecule has 0 aliphatic carbocycles. The maximum atomic E-state index is 11.9. The van der Waals surface area contributed by atoms with Crippen molar-refractivity contribution in [1.29, 1.82) is 0 Å². The van der Waals surface area contributed by atoms with Crippen LogP contribution in [0.3, 0.4) is 0 Å². The molecule has 1 rings (SSSR count). The van der Waals surface area contributed by atoms with Gasteiger partial charge in [-0.1, -0.05) is 34.6 Å². The highest BCUT2D eigenvalue weighted by molar-refractivity contribution is 7.89. The summed E-state index contributed by atoms with van der Waals surface area (Å²) >= 11 is 0. The van der Waals surface area contributed by atoms with Crippen LogP contribution in [-0.4, -0.2) is 28.9 Å². The molecule has 0 amide bonds. The van der Waals surface area contributed by atoms with Crippen molar-refractivity contribution in [2.45, 2.75) is 53.5 Å². The van der Waals surface area contributed by atoms with E-state index in [1.54, 1.807) is 0 Å². The van der Waals surface area contributed by atoms with Crippen LogP contribution in [0, 0.1) is 5.41 Å². The summed E-state index contributed by atoms with van der Waals surface area (Å²) in [6.07, 6.45) is 0.623. The number of hydrogen-bond acceptors (Lipinski definition) is 4. The van der Waals surface area contributed by atoms with Crippen LogP contribution >= 0.6 is 0 Å². The molecule has 0 aliphatic heterocycles. The number of hydrogen-bond donors (Lipinski definition) is 1. The largest absolute Gasteiger partial charge is 0.317 e. The Morgan fingerprint density at radius 3 is 2.30 bits per heavy atom. The van der Waals surface area contributed by atoms with Gasteiger partial charge in [0.05, 0.1) is 12.3 Å². The fourth-order valence-electron chi connectivity index (χ4n) is 1.72. The van der Waals surface area contributed by atoms with Crippen LogP contribution in [-0.2, 0) is 23.6 Å². The van der Waals surface area contributed by atoms with E-state index in [-0.39, 0.29) is 23.6 Å². The van der Waals surface area contributed by atoms with E-state index in [4.69, 9.17) is 0 Å². The van der Waals surface area contributed by atoms with Crippen LogP contribution in [0.2, 0.25) is 0 Å². The molecule has 0 fully saturated rings. The first-order chi connectivity index (χ1) is 9.02. The molecule has 0 saturated carbocycles. The maximum absolute atomic E-state index is 11.9. The maximum Gasteiger partial charge on any atom is 0.212 e. The normalized spacial score (nSPS) is 13.2. The molecule has 0 atom stereocenters. The zero-order chi connectivity index (χ0) is 15.6. The lowest BCUT2D eigenvalue weighted by molar-refractivity contribution is 0.396. The lowest BCUT2D eigenvalue weighted by atomic mass is 9.94. The molecule has 0 bridgehead atoms. The predicted octanol–water partition coefficient (Wildman–Crippen LogP) is 1.79. The molecule has 0 spiro atoms. The van der Waals surface area contributed by atoms with Gasteiger partial charge in [0.15, 0.2) is 0 Å². The molecule has 1 heterocycles.